The number of hydrogen-bond donors (Lipinski definition) is 3. The van der Waals surface area contributed by atoms with Gasteiger partial charge in [-0.3, -0.25) is 4.79 Å². The van der Waals surface area contributed by atoms with Crippen molar-refractivity contribution in [2.24, 2.45) is 5.92 Å². The van der Waals surface area contributed by atoms with Crippen molar-refractivity contribution < 1.29 is 14.3 Å². The molecule has 0 saturated heterocycles. The van der Waals surface area contributed by atoms with Crippen molar-refractivity contribution in [2.75, 3.05) is 13.7 Å². The van der Waals surface area contributed by atoms with Gasteiger partial charge in [0.2, 0.25) is 5.91 Å². The Hall–Kier alpha value is -2.50. The summed E-state index contributed by atoms with van der Waals surface area (Å²) in [5, 5.41) is 8.56. The molecule has 25 heavy (non-hydrogen) atoms. The molecule has 1 aliphatic carbocycles. The summed E-state index contributed by atoms with van der Waals surface area (Å²) >= 11 is 0. The standard InChI is InChI=1S/C19H27N3O3/c1-3-12-25-17-7-5-4-6-15(17)13-21-19(24)22-16-10-8-14(9-11-16)18(23)20-2/h3-7,14,16H,1,8-13H2,2H3,(H,20,23)(H2,21,22,24). The van der Waals surface area contributed by atoms with Gasteiger partial charge in [0.25, 0.3) is 0 Å². The second-order valence-electron chi connectivity index (χ2n) is 6.20. The Morgan fingerprint density at radius 1 is 1.24 bits per heavy atom. The summed E-state index contributed by atoms with van der Waals surface area (Å²) in [6, 6.07) is 7.53. The van der Waals surface area contributed by atoms with Crippen molar-refractivity contribution in [3.8, 4) is 5.75 Å². The molecule has 6 nitrogen and oxygen atoms in total. The minimum atomic E-state index is -0.193. The van der Waals surface area contributed by atoms with Gasteiger partial charge in [-0.2, -0.15) is 0 Å². The molecule has 1 aromatic carbocycles. The van der Waals surface area contributed by atoms with Crippen LogP contribution in [0.4, 0.5) is 4.79 Å². The van der Waals surface area contributed by atoms with E-state index in [0.717, 1.165) is 37.0 Å². The van der Waals surface area contributed by atoms with Crippen LogP contribution in [0.25, 0.3) is 0 Å². The lowest BCUT2D eigenvalue weighted by Gasteiger charge is -2.28. The number of hydrogen-bond acceptors (Lipinski definition) is 3. The lowest BCUT2D eigenvalue weighted by atomic mass is 9.85. The van der Waals surface area contributed by atoms with Crippen LogP contribution in [-0.4, -0.2) is 31.6 Å². The Morgan fingerprint density at radius 2 is 1.96 bits per heavy atom. The summed E-state index contributed by atoms with van der Waals surface area (Å²) in [6.45, 7) is 4.46. The Morgan fingerprint density at radius 3 is 2.64 bits per heavy atom. The van der Waals surface area contributed by atoms with Gasteiger partial charge in [-0.15, -0.1) is 0 Å². The van der Waals surface area contributed by atoms with Crippen LogP contribution in [0, 0.1) is 5.92 Å². The van der Waals surface area contributed by atoms with E-state index in [1.54, 1.807) is 13.1 Å². The van der Waals surface area contributed by atoms with Crippen molar-refractivity contribution in [2.45, 2.75) is 38.3 Å². The van der Waals surface area contributed by atoms with Crippen LogP contribution in [0.2, 0.25) is 0 Å². The van der Waals surface area contributed by atoms with E-state index < -0.39 is 0 Å². The zero-order valence-corrected chi connectivity index (χ0v) is 14.7. The Kier molecular flexibility index (Phi) is 7.32. The first-order valence-electron chi connectivity index (χ1n) is 8.71. The topological polar surface area (TPSA) is 79.5 Å². The predicted octanol–water partition coefficient (Wildman–Crippen LogP) is 2.36. The molecule has 0 atom stereocenters. The van der Waals surface area contributed by atoms with Gasteiger partial charge in [0.15, 0.2) is 0 Å². The number of urea groups is 1. The van der Waals surface area contributed by atoms with Crippen molar-refractivity contribution in [1.82, 2.24) is 16.0 Å². The number of carbonyl (C=O) groups excluding carboxylic acids is 2. The summed E-state index contributed by atoms with van der Waals surface area (Å²) in [5.74, 6) is 0.910. The summed E-state index contributed by atoms with van der Waals surface area (Å²) < 4.78 is 5.59. The highest BCUT2D eigenvalue weighted by Gasteiger charge is 2.26. The molecular formula is C19H27N3O3. The molecule has 0 unspecified atom stereocenters. The predicted molar refractivity (Wildman–Crippen MR) is 97.3 cm³/mol. The van der Waals surface area contributed by atoms with Crippen molar-refractivity contribution in [1.29, 1.82) is 0 Å². The monoisotopic (exact) mass is 345 g/mol. The molecule has 0 aromatic heterocycles. The maximum atomic E-state index is 12.1. The van der Waals surface area contributed by atoms with Crippen LogP contribution >= 0.6 is 0 Å². The van der Waals surface area contributed by atoms with E-state index in [2.05, 4.69) is 22.5 Å². The van der Waals surface area contributed by atoms with E-state index in [-0.39, 0.29) is 23.9 Å². The van der Waals surface area contributed by atoms with E-state index in [1.165, 1.54) is 0 Å². The molecule has 3 N–H and O–H groups in total. The lowest BCUT2D eigenvalue weighted by molar-refractivity contribution is -0.125. The van der Waals surface area contributed by atoms with E-state index in [1.807, 2.05) is 24.3 Å². The number of para-hydroxylation sites is 1. The molecule has 136 valence electrons. The first kappa shape index (κ1) is 18.8. The average Bonchev–Trinajstić information content (AvgIpc) is 2.65. The molecule has 0 heterocycles. The highest BCUT2D eigenvalue weighted by molar-refractivity contribution is 5.78. The molecule has 2 rings (SSSR count). The minimum Gasteiger partial charge on any atom is -0.489 e. The van der Waals surface area contributed by atoms with Gasteiger partial charge in [0.1, 0.15) is 12.4 Å². The van der Waals surface area contributed by atoms with Crippen LogP contribution in [0.5, 0.6) is 5.75 Å². The summed E-state index contributed by atoms with van der Waals surface area (Å²) in [5.41, 5.74) is 0.919. The third-order valence-corrected chi connectivity index (χ3v) is 4.45. The number of rotatable bonds is 7. The molecule has 1 aromatic rings. The normalized spacial score (nSPS) is 19.6. The Bertz CT molecular complexity index is 595. The van der Waals surface area contributed by atoms with Gasteiger partial charge < -0.3 is 20.7 Å². The highest BCUT2D eigenvalue weighted by atomic mass is 16.5. The van der Waals surface area contributed by atoms with Crippen LogP contribution in [0.1, 0.15) is 31.2 Å². The first-order chi connectivity index (χ1) is 12.1. The zero-order valence-electron chi connectivity index (χ0n) is 14.7. The number of carbonyl (C=O) groups is 2. The fourth-order valence-electron chi connectivity index (χ4n) is 3.06. The minimum absolute atomic E-state index is 0.0694. The van der Waals surface area contributed by atoms with Crippen LogP contribution in [0.15, 0.2) is 36.9 Å². The zero-order chi connectivity index (χ0) is 18.1. The van der Waals surface area contributed by atoms with Crippen LogP contribution in [0.3, 0.4) is 0 Å². The maximum Gasteiger partial charge on any atom is 0.315 e. The van der Waals surface area contributed by atoms with Crippen LogP contribution < -0.4 is 20.7 Å². The van der Waals surface area contributed by atoms with Crippen molar-refractivity contribution in [3.63, 3.8) is 0 Å². The first-order valence-corrected chi connectivity index (χ1v) is 8.71. The van der Waals surface area contributed by atoms with Gasteiger partial charge >= 0.3 is 6.03 Å². The fraction of sp³-hybridized carbons (Fsp3) is 0.474. The molecule has 1 fully saturated rings. The summed E-state index contributed by atoms with van der Waals surface area (Å²) in [4.78, 5) is 23.8. The SMILES string of the molecule is C=CCOc1ccccc1CNC(=O)NC1CCC(C(=O)NC)CC1. The number of amides is 3. The largest absolute Gasteiger partial charge is 0.489 e. The second kappa shape index (κ2) is 9.71. The summed E-state index contributed by atoms with van der Waals surface area (Å²) in [6.07, 6.45) is 4.95. The molecular weight excluding hydrogens is 318 g/mol. The number of ether oxygens (including phenoxy) is 1. The van der Waals surface area contributed by atoms with Gasteiger partial charge in [-0.25, -0.2) is 4.79 Å². The van der Waals surface area contributed by atoms with Crippen molar-refractivity contribution >= 4 is 11.9 Å². The molecule has 0 spiro atoms. The quantitative estimate of drug-likeness (QED) is 0.664. The van der Waals surface area contributed by atoms with E-state index >= 15 is 0 Å². The number of nitrogens with one attached hydrogen (secondary N) is 3. The maximum absolute atomic E-state index is 12.1. The van der Waals surface area contributed by atoms with Gasteiger partial charge in [0, 0.05) is 31.1 Å². The molecule has 0 bridgehead atoms. The third kappa shape index (κ3) is 5.81. The Balaban J connectivity index is 1.76. The van der Waals surface area contributed by atoms with Crippen LogP contribution in [-0.2, 0) is 11.3 Å². The average molecular weight is 345 g/mol. The molecule has 1 aliphatic rings. The second-order valence-corrected chi connectivity index (χ2v) is 6.20. The molecule has 1 saturated carbocycles. The molecule has 0 aliphatic heterocycles. The smallest absolute Gasteiger partial charge is 0.315 e. The summed E-state index contributed by atoms with van der Waals surface area (Å²) in [7, 11) is 1.66. The van der Waals surface area contributed by atoms with E-state index in [0.29, 0.717) is 13.2 Å². The van der Waals surface area contributed by atoms with Gasteiger partial charge in [-0.05, 0) is 31.7 Å². The molecule has 3 amide bonds. The third-order valence-electron chi connectivity index (χ3n) is 4.45. The highest BCUT2D eigenvalue weighted by Crippen LogP contribution is 2.24. The van der Waals surface area contributed by atoms with E-state index in [9.17, 15) is 9.59 Å². The fourth-order valence-corrected chi connectivity index (χ4v) is 3.06. The van der Waals surface area contributed by atoms with E-state index in [4.69, 9.17) is 4.74 Å². The van der Waals surface area contributed by atoms with Gasteiger partial charge in [0.05, 0.1) is 0 Å². The lowest BCUT2D eigenvalue weighted by Crippen LogP contribution is -2.44. The van der Waals surface area contributed by atoms with Gasteiger partial charge in [-0.1, -0.05) is 30.9 Å². The van der Waals surface area contributed by atoms with Crippen molar-refractivity contribution in [3.05, 3.63) is 42.5 Å². The Labute approximate surface area is 149 Å². The molecule has 0 radical (unpaired) electrons. The molecule has 6 heteroatoms. The number of benzene rings is 1.